The molecule has 0 aliphatic carbocycles. The Bertz CT molecular complexity index is 480. The van der Waals surface area contributed by atoms with E-state index in [1.165, 1.54) is 10.8 Å². The predicted octanol–water partition coefficient (Wildman–Crippen LogP) is 3.86. The van der Waals surface area contributed by atoms with Crippen molar-refractivity contribution in [3.63, 3.8) is 0 Å². The Hall–Kier alpha value is -1.68. The molecule has 1 aromatic carbocycles. The molecule has 1 nitrogen and oxygen atoms in total. The van der Waals surface area contributed by atoms with Crippen LogP contribution in [0.2, 0.25) is 0 Å². The van der Waals surface area contributed by atoms with Crippen molar-refractivity contribution < 1.29 is 26.3 Å². The molecule has 0 saturated heterocycles. The highest BCUT2D eigenvalue weighted by Gasteiger charge is 2.55. The van der Waals surface area contributed by atoms with Crippen LogP contribution in [0, 0.1) is 17.8 Å². The van der Waals surface area contributed by atoms with Gasteiger partial charge in [0.2, 0.25) is 5.92 Å². The largest absolute Gasteiger partial charge is 0.411 e. The van der Waals surface area contributed by atoms with E-state index in [-0.39, 0.29) is 6.54 Å². The average Bonchev–Trinajstić information content (AvgIpc) is 2.32. The zero-order valence-electron chi connectivity index (χ0n) is 11.1. The Labute approximate surface area is 118 Å². The van der Waals surface area contributed by atoms with Crippen molar-refractivity contribution in [3.05, 3.63) is 35.9 Å². The van der Waals surface area contributed by atoms with E-state index < -0.39 is 18.3 Å². The van der Waals surface area contributed by atoms with E-state index in [9.17, 15) is 26.3 Å². The summed E-state index contributed by atoms with van der Waals surface area (Å²) in [7, 11) is 1.57. The van der Waals surface area contributed by atoms with E-state index in [1.807, 2.05) is 5.92 Å². The fourth-order valence-corrected chi connectivity index (χ4v) is 1.58. The molecule has 7 heteroatoms. The summed E-state index contributed by atoms with van der Waals surface area (Å²) in [5.74, 6) is -0.373. The van der Waals surface area contributed by atoms with Gasteiger partial charge < -0.3 is 0 Å². The van der Waals surface area contributed by atoms with Gasteiger partial charge >= 0.3 is 12.4 Å². The van der Waals surface area contributed by atoms with Crippen LogP contribution in [-0.2, 0) is 6.54 Å². The average molecular weight is 309 g/mol. The molecule has 0 aliphatic rings. The van der Waals surface area contributed by atoms with Crippen LogP contribution in [-0.4, -0.2) is 30.8 Å². The summed E-state index contributed by atoms with van der Waals surface area (Å²) in [6.07, 6.45) is -10.8. The normalized spacial score (nSPS) is 12.4. The highest BCUT2D eigenvalue weighted by Crippen LogP contribution is 2.38. The first kappa shape index (κ1) is 17.4. The minimum Gasteiger partial charge on any atom is -0.291 e. The summed E-state index contributed by atoms with van der Waals surface area (Å²) in [6.45, 7) is 0.204. The molecule has 21 heavy (non-hydrogen) atoms. The van der Waals surface area contributed by atoms with Gasteiger partial charge in [-0.15, -0.1) is 0 Å². The molecule has 0 N–H and O–H groups in total. The van der Waals surface area contributed by atoms with Gasteiger partial charge in [-0.2, -0.15) is 26.3 Å². The molecule has 0 aromatic heterocycles. The minimum atomic E-state index is -5.41. The van der Waals surface area contributed by atoms with Gasteiger partial charge in [-0.05, 0) is 12.6 Å². The molecule has 1 aromatic rings. The molecule has 0 heterocycles. The third-order valence-corrected chi connectivity index (χ3v) is 2.55. The summed E-state index contributed by atoms with van der Waals surface area (Å²) in [6, 6.07) is 8.99. The summed E-state index contributed by atoms with van der Waals surface area (Å²) in [4.78, 5) is 1.53. The molecule has 0 aliphatic heterocycles. The third-order valence-electron chi connectivity index (χ3n) is 2.55. The van der Waals surface area contributed by atoms with Gasteiger partial charge in [0.25, 0.3) is 0 Å². The molecule has 116 valence electrons. The zero-order chi connectivity index (χ0) is 16.1. The lowest BCUT2D eigenvalue weighted by molar-refractivity contribution is -0.264. The van der Waals surface area contributed by atoms with Crippen LogP contribution >= 0.6 is 0 Å². The first-order valence-corrected chi connectivity index (χ1v) is 5.95. The second kappa shape index (κ2) is 6.85. The molecule has 1 rings (SSSR count). The van der Waals surface area contributed by atoms with Gasteiger partial charge in [0.15, 0.2) is 0 Å². The van der Waals surface area contributed by atoms with Gasteiger partial charge in [-0.3, -0.25) is 4.90 Å². The maximum atomic E-state index is 12.3. The summed E-state index contributed by atoms with van der Waals surface area (Å²) in [5.41, 5.74) is 0.894. The Morgan fingerprint density at radius 2 is 1.52 bits per heavy atom. The Morgan fingerprint density at radius 1 is 1.00 bits per heavy atom. The first-order chi connectivity index (χ1) is 9.60. The number of benzene rings is 1. The zero-order valence-corrected chi connectivity index (χ0v) is 11.1. The van der Waals surface area contributed by atoms with E-state index in [1.54, 1.807) is 37.4 Å². The van der Waals surface area contributed by atoms with Crippen LogP contribution in [0.5, 0.6) is 0 Å². The number of hydrogen-bond acceptors (Lipinski definition) is 1. The molecule has 0 fully saturated rings. The number of rotatable bonds is 3. The SMILES string of the molecule is CN(CC#CC(C(F)(F)F)C(F)(F)F)Cc1ccccc1. The van der Waals surface area contributed by atoms with Crippen LogP contribution in [0.3, 0.4) is 0 Å². The smallest absolute Gasteiger partial charge is 0.291 e. The van der Waals surface area contributed by atoms with E-state index >= 15 is 0 Å². The lowest BCUT2D eigenvalue weighted by atomic mass is 10.1. The number of halogens is 6. The molecule has 0 bridgehead atoms. The van der Waals surface area contributed by atoms with Crippen molar-refractivity contribution in [1.29, 1.82) is 0 Å². The predicted molar refractivity (Wildman–Crippen MR) is 66.2 cm³/mol. The Kier molecular flexibility index (Phi) is 5.67. The lowest BCUT2D eigenvalue weighted by Crippen LogP contribution is -2.35. The number of alkyl halides is 6. The topological polar surface area (TPSA) is 3.24 Å². The molecular weight excluding hydrogens is 296 g/mol. The maximum absolute atomic E-state index is 12.3. The van der Waals surface area contributed by atoms with Crippen molar-refractivity contribution >= 4 is 0 Å². The van der Waals surface area contributed by atoms with Gasteiger partial charge in [-0.25, -0.2) is 0 Å². The monoisotopic (exact) mass is 309 g/mol. The molecular formula is C14H13F6N. The van der Waals surface area contributed by atoms with Crippen molar-refractivity contribution in [3.8, 4) is 11.8 Å². The third kappa shape index (κ3) is 6.08. The molecule has 0 amide bonds. The molecule has 0 unspecified atom stereocenters. The summed E-state index contributed by atoms with van der Waals surface area (Å²) >= 11 is 0. The molecule has 0 radical (unpaired) electrons. The Balaban J connectivity index is 2.65. The Morgan fingerprint density at radius 3 is 2.00 bits per heavy atom. The van der Waals surface area contributed by atoms with Crippen molar-refractivity contribution in [2.75, 3.05) is 13.6 Å². The fourth-order valence-electron chi connectivity index (χ4n) is 1.58. The van der Waals surface area contributed by atoms with Crippen LogP contribution in [0.4, 0.5) is 26.3 Å². The van der Waals surface area contributed by atoms with Crippen LogP contribution < -0.4 is 0 Å². The molecule has 0 saturated carbocycles. The van der Waals surface area contributed by atoms with Crippen molar-refractivity contribution in [1.82, 2.24) is 4.90 Å². The number of nitrogens with zero attached hydrogens (tertiary/aromatic N) is 1. The maximum Gasteiger partial charge on any atom is 0.411 e. The van der Waals surface area contributed by atoms with Crippen molar-refractivity contribution in [2.24, 2.45) is 5.92 Å². The standard InChI is InChI=1S/C14H13F6N/c1-21(10-11-6-3-2-4-7-11)9-5-8-12(13(15,16)17)14(18,19)20/h2-4,6-7,12H,9-10H2,1H3. The lowest BCUT2D eigenvalue weighted by Gasteiger charge is -2.18. The summed E-state index contributed by atoms with van der Waals surface area (Å²) < 4.78 is 73.5. The van der Waals surface area contributed by atoms with E-state index in [2.05, 4.69) is 0 Å². The fraction of sp³-hybridized carbons (Fsp3) is 0.429. The van der Waals surface area contributed by atoms with E-state index in [0.717, 1.165) is 5.56 Å². The van der Waals surface area contributed by atoms with Gasteiger partial charge in [0.1, 0.15) is 0 Å². The first-order valence-electron chi connectivity index (χ1n) is 5.95. The second-order valence-electron chi connectivity index (χ2n) is 4.50. The van der Waals surface area contributed by atoms with Crippen LogP contribution in [0.1, 0.15) is 5.56 Å². The quantitative estimate of drug-likeness (QED) is 0.605. The highest BCUT2D eigenvalue weighted by molar-refractivity contribution is 5.15. The minimum absolute atomic E-state index is 0.183. The second-order valence-corrected chi connectivity index (χ2v) is 4.50. The van der Waals surface area contributed by atoms with Crippen molar-refractivity contribution in [2.45, 2.75) is 18.9 Å². The van der Waals surface area contributed by atoms with Crippen LogP contribution in [0.25, 0.3) is 0 Å². The van der Waals surface area contributed by atoms with Gasteiger partial charge in [0.05, 0.1) is 6.54 Å². The highest BCUT2D eigenvalue weighted by atomic mass is 19.4. The van der Waals surface area contributed by atoms with Crippen LogP contribution in [0.15, 0.2) is 30.3 Å². The van der Waals surface area contributed by atoms with Gasteiger partial charge in [0, 0.05) is 6.54 Å². The molecule has 0 atom stereocenters. The molecule has 0 spiro atoms. The summed E-state index contributed by atoms with van der Waals surface area (Å²) in [5, 5.41) is 0. The number of hydrogen-bond donors (Lipinski definition) is 0. The van der Waals surface area contributed by atoms with E-state index in [4.69, 9.17) is 0 Å². The van der Waals surface area contributed by atoms with E-state index in [0.29, 0.717) is 6.54 Å². The van der Waals surface area contributed by atoms with Gasteiger partial charge in [-0.1, -0.05) is 42.2 Å².